The Balaban J connectivity index is 0.757. The molecule has 5 fully saturated rings. The number of amides is 3. The number of piperazine rings is 1. The summed E-state index contributed by atoms with van der Waals surface area (Å²) < 4.78 is 47.1. The summed E-state index contributed by atoms with van der Waals surface area (Å²) in [6, 6.07) is 13.8. The van der Waals surface area contributed by atoms with Gasteiger partial charge in [-0.15, -0.1) is 0 Å². The number of aryl methyl sites for hydroxylation is 3. The molecule has 4 bridgehead atoms. The smallest absolute Gasteiger partial charge is 0.258 e. The van der Waals surface area contributed by atoms with Crippen LogP contribution < -0.4 is 25.2 Å². The zero-order valence-electron chi connectivity index (χ0n) is 39.8. The number of carbonyl (C=O) groups is 3. The molecule has 0 radical (unpaired) electrons. The van der Waals surface area contributed by atoms with Crippen LogP contribution in [-0.4, -0.2) is 136 Å². The summed E-state index contributed by atoms with van der Waals surface area (Å²) >= 11 is 0. The number of aromatic nitrogens is 5. The Morgan fingerprint density at radius 1 is 0.812 bits per heavy atom. The molecule has 1 saturated carbocycles. The number of rotatable bonds is 7. The van der Waals surface area contributed by atoms with Crippen molar-refractivity contribution in [3.63, 3.8) is 0 Å². The molecule has 4 saturated heterocycles. The highest BCUT2D eigenvalue weighted by Gasteiger charge is 2.42. The number of halogens is 2. The van der Waals surface area contributed by atoms with Crippen molar-refractivity contribution in [3.8, 4) is 17.1 Å². The number of pyridine rings is 1. The van der Waals surface area contributed by atoms with Gasteiger partial charge in [-0.2, -0.15) is 5.10 Å². The number of piperidine rings is 2. The highest BCUT2D eigenvalue weighted by Crippen LogP contribution is 2.39. The van der Waals surface area contributed by atoms with E-state index in [9.17, 15) is 14.4 Å². The quantitative estimate of drug-likeness (QED) is 0.190. The standard InChI is InChI=1S/C51H61F2N11O5/c1-29-17-33-19-43(54-29)46-30(2)58-59(3)50(46)69-27-32-6-5-31(18-32)23-64-44-22-35(7-9-42(44)55-51(64)57-48(33)66)61-15-16-63(38(26-61)28-68-4)37-24-62(25-37)34-11-13-60(14-12-34)36-20-40(52)47(41(53)21-36)39-8-10-45(65)56-49(39)67/h7,9,17,19-22,31-32,34,37-39H,5-6,8,10-16,18,23-28H2,1-4H3,(H,55,57,66)(H,56,65,67)/t31-,32+,38-,39-/m1/s1. The third kappa shape index (κ3) is 8.73. The molecular formula is C51H61F2N11O5. The van der Waals surface area contributed by atoms with Crippen LogP contribution in [0.1, 0.15) is 78.2 Å². The summed E-state index contributed by atoms with van der Waals surface area (Å²) in [6.07, 6.45) is 5.05. The van der Waals surface area contributed by atoms with Gasteiger partial charge in [-0.25, -0.2) is 18.4 Å². The molecular weight excluding hydrogens is 885 g/mol. The normalized spacial score (nSPS) is 24.3. The molecule has 18 heteroatoms. The fraction of sp³-hybridized carbons (Fsp3) is 0.529. The number of benzene rings is 2. The fourth-order valence-electron chi connectivity index (χ4n) is 12.2. The van der Waals surface area contributed by atoms with Crippen LogP contribution in [0, 0.1) is 37.3 Å². The monoisotopic (exact) mass is 945 g/mol. The number of imidazole rings is 1. The lowest BCUT2D eigenvalue weighted by molar-refractivity contribution is -0.134. The van der Waals surface area contributed by atoms with Gasteiger partial charge in [0.25, 0.3) is 5.91 Å². The minimum absolute atomic E-state index is 0.0591. The van der Waals surface area contributed by atoms with E-state index >= 15 is 8.78 Å². The zero-order chi connectivity index (χ0) is 47.7. The summed E-state index contributed by atoms with van der Waals surface area (Å²) in [5.41, 5.74) is 6.66. The van der Waals surface area contributed by atoms with Crippen LogP contribution in [0.5, 0.6) is 5.88 Å². The molecule has 5 aliphatic heterocycles. The van der Waals surface area contributed by atoms with Gasteiger partial charge in [0.15, 0.2) is 0 Å². The Labute approximate surface area is 400 Å². The van der Waals surface area contributed by atoms with E-state index in [1.807, 2.05) is 37.9 Å². The summed E-state index contributed by atoms with van der Waals surface area (Å²) in [6.45, 7) is 11.6. The summed E-state index contributed by atoms with van der Waals surface area (Å²) in [4.78, 5) is 57.7. The second kappa shape index (κ2) is 18.4. The molecule has 0 unspecified atom stereocenters. The van der Waals surface area contributed by atoms with Crippen LogP contribution in [0.25, 0.3) is 22.3 Å². The number of anilines is 3. The lowest BCUT2D eigenvalue weighted by Gasteiger charge is -2.54. The lowest BCUT2D eigenvalue weighted by atomic mass is 9.89. The number of methoxy groups -OCH3 is 1. The van der Waals surface area contributed by atoms with Gasteiger partial charge in [0.05, 0.1) is 53.2 Å². The average Bonchev–Trinajstić information content (AvgIpc) is 3.99. The van der Waals surface area contributed by atoms with E-state index in [2.05, 4.69) is 53.2 Å². The van der Waals surface area contributed by atoms with Crippen molar-refractivity contribution in [1.29, 1.82) is 0 Å². The first-order chi connectivity index (χ1) is 33.4. The highest BCUT2D eigenvalue weighted by molar-refractivity contribution is 6.05. The van der Waals surface area contributed by atoms with E-state index in [4.69, 9.17) is 19.4 Å². The van der Waals surface area contributed by atoms with Gasteiger partial charge < -0.3 is 23.8 Å². The number of hydrogen-bond donors (Lipinski definition) is 2. The van der Waals surface area contributed by atoms with Crippen LogP contribution in [0.15, 0.2) is 42.5 Å². The SMILES string of the molecule is COC[C@H]1CN(c2ccc3nc4n(c3c2)C[C@@H]2CC[C@H](COc3c(c(C)nn3C)-c3cc(cc(C)n3)C(=O)N4)C2)CCN1C1CN(C2CCN(c3cc(F)c([C@H]4CCC(=O)NC4=O)c(F)c3)CC2)C1. The molecule has 8 heterocycles. The lowest BCUT2D eigenvalue weighted by Crippen LogP contribution is -2.69. The predicted octanol–water partition coefficient (Wildman–Crippen LogP) is 5.80. The van der Waals surface area contributed by atoms with Crippen LogP contribution in [0.4, 0.5) is 26.1 Å². The van der Waals surface area contributed by atoms with Crippen molar-refractivity contribution in [2.75, 3.05) is 81.3 Å². The molecule has 364 valence electrons. The number of nitrogens with one attached hydrogen (secondary N) is 2. The number of imide groups is 1. The molecule has 3 aromatic heterocycles. The molecule has 5 aromatic rings. The van der Waals surface area contributed by atoms with Gasteiger partial charge in [0.1, 0.15) is 11.6 Å². The second-order valence-corrected chi connectivity index (χ2v) is 20.2. The Kier molecular flexibility index (Phi) is 12.1. The second-order valence-electron chi connectivity index (χ2n) is 20.2. The maximum Gasteiger partial charge on any atom is 0.258 e. The van der Waals surface area contributed by atoms with Gasteiger partial charge in [0.2, 0.25) is 23.6 Å². The fourth-order valence-corrected chi connectivity index (χ4v) is 12.2. The van der Waals surface area contributed by atoms with E-state index in [0.29, 0.717) is 79.0 Å². The van der Waals surface area contributed by atoms with Gasteiger partial charge in [-0.1, -0.05) is 0 Å². The van der Waals surface area contributed by atoms with Crippen molar-refractivity contribution in [2.24, 2.45) is 18.9 Å². The molecule has 3 amide bonds. The van der Waals surface area contributed by atoms with Gasteiger partial charge >= 0.3 is 0 Å². The summed E-state index contributed by atoms with van der Waals surface area (Å²) in [7, 11) is 3.66. The van der Waals surface area contributed by atoms with E-state index in [1.54, 1.807) is 11.8 Å². The molecule has 16 nitrogen and oxygen atoms in total. The number of nitrogens with zero attached hydrogens (tertiary/aromatic N) is 9. The minimum Gasteiger partial charge on any atom is -0.477 e. The Morgan fingerprint density at radius 2 is 1.59 bits per heavy atom. The molecule has 69 heavy (non-hydrogen) atoms. The maximum atomic E-state index is 15.4. The Morgan fingerprint density at radius 3 is 2.36 bits per heavy atom. The molecule has 1 aliphatic carbocycles. The predicted molar refractivity (Wildman–Crippen MR) is 257 cm³/mol. The number of hydrogen-bond acceptors (Lipinski definition) is 12. The van der Waals surface area contributed by atoms with Crippen molar-refractivity contribution < 1.29 is 32.6 Å². The van der Waals surface area contributed by atoms with Crippen LogP contribution >= 0.6 is 0 Å². The van der Waals surface area contributed by atoms with Crippen LogP contribution in [-0.2, 0) is 27.9 Å². The number of carbonyl (C=O) groups excluding carboxylic acids is 3. The van der Waals surface area contributed by atoms with Crippen LogP contribution in [0.2, 0.25) is 0 Å². The molecule has 2 aromatic carbocycles. The number of ether oxygens (including phenoxy) is 2. The van der Waals surface area contributed by atoms with Gasteiger partial charge in [-0.05, 0) is 107 Å². The molecule has 4 atom stereocenters. The topological polar surface area (TPSA) is 155 Å². The third-order valence-corrected chi connectivity index (χ3v) is 15.8. The van der Waals surface area contributed by atoms with E-state index in [-0.39, 0.29) is 30.4 Å². The molecule has 6 aliphatic rings. The largest absolute Gasteiger partial charge is 0.477 e. The highest BCUT2D eigenvalue weighted by atomic mass is 19.1. The minimum atomic E-state index is -1.01. The molecule has 2 N–H and O–H groups in total. The average molecular weight is 946 g/mol. The Bertz CT molecular complexity index is 2790. The van der Waals surface area contributed by atoms with E-state index in [1.165, 1.54) is 12.1 Å². The summed E-state index contributed by atoms with van der Waals surface area (Å²) in [5, 5.41) is 10.1. The first-order valence-corrected chi connectivity index (χ1v) is 24.7. The number of likely N-dealkylation sites (tertiary alicyclic amines) is 1. The third-order valence-electron chi connectivity index (χ3n) is 15.8. The van der Waals surface area contributed by atoms with Crippen molar-refractivity contribution in [2.45, 2.75) is 89.4 Å². The Hall–Kier alpha value is -5.98. The van der Waals surface area contributed by atoms with Crippen molar-refractivity contribution in [1.82, 2.24) is 39.4 Å². The first-order valence-electron chi connectivity index (χ1n) is 24.7. The first kappa shape index (κ1) is 45.5. The zero-order valence-corrected chi connectivity index (χ0v) is 39.8. The summed E-state index contributed by atoms with van der Waals surface area (Å²) in [5.74, 6) is -1.81. The van der Waals surface area contributed by atoms with E-state index < -0.39 is 29.4 Å². The van der Waals surface area contributed by atoms with Crippen molar-refractivity contribution in [3.05, 3.63) is 76.6 Å². The van der Waals surface area contributed by atoms with Crippen LogP contribution in [0.3, 0.4) is 0 Å². The molecule has 0 spiro atoms. The molecule has 11 rings (SSSR count). The van der Waals surface area contributed by atoms with Gasteiger partial charge in [0, 0.05) is 113 Å². The number of fused-ring (bicyclic) bond motifs is 9. The maximum absolute atomic E-state index is 15.4. The van der Waals surface area contributed by atoms with E-state index in [0.717, 1.165) is 105 Å². The van der Waals surface area contributed by atoms with Crippen molar-refractivity contribution >= 4 is 46.1 Å². The van der Waals surface area contributed by atoms with Gasteiger partial charge in [-0.3, -0.25) is 39.8 Å².